The number of halogens is 3. The molecule has 1 aromatic carbocycles. The highest BCUT2D eigenvalue weighted by atomic mass is 19.4. The predicted octanol–water partition coefficient (Wildman–Crippen LogP) is 2.89. The van der Waals surface area contributed by atoms with E-state index in [0.29, 0.717) is 12.0 Å². The number of nitrogens with zero attached hydrogens (tertiary/aromatic N) is 2. The van der Waals surface area contributed by atoms with Gasteiger partial charge in [0.1, 0.15) is 5.75 Å². The zero-order chi connectivity index (χ0) is 16.2. The van der Waals surface area contributed by atoms with Crippen LogP contribution in [0.3, 0.4) is 0 Å². The fourth-order valence-corrected chi connectivity index (χ4v) is 2.81. The summed E-state index contributed by atoms with van der Waals surface area (Å²) in [5.74, 6) is -0.0339. The van der Waals surface area contributed by atoms with Crippen molar-refractivity contribution in [1.82, 2.24) is 9.80 Å². The van der Waals surface area contributed by atoms with E-state index in [2.05, 4.69) is 16.8 Å². The van der Waals surface area contributed by atoms with Crippen molar-refractivity contribution in [2.45, 2.75) is 19.0 Å². The molecule has 6 heteroatoms. The van der Waals surface area contributed by atoms with E-state index in [1.807, 2.05) is 0 Å². The monoisotopic (exact) mass is 316 g/mol. The summed E-state index contributed by atoms with van der Waals surface area (Å²) in [7, 11) is 3.40. The van der Waals surface area contributed by atoms with E-state index in [4.69, 9.17) is 4.74 Å². The fourth-order valence-electron chi connectivity index (χ4n) is 2.81. The largest absolute Gasteiger partial charge is 0.496 e. The maximum Gasteiger partial charge on any atom is 0.419 e. The lowest BCUT2D eigenvalue weighted by Crippen LogP contribution is -2.44. The Hall–Kier alpha value is -1.27. The van der Waals surface area contributed by atoms with Crippen LogP contribution >= 0.6 is 0 Å². The lowest BCUT2D eigenvalue weighted by Gasteiger charge is -2.32. The summed E-state index contributed by atoms with van der Waals surface area (Å²) < 4.78 is 43.9. The van der Waals surface area contributed by atoms with Gasteiger partial charge in [0.15, 0.2) is 0 Å². The van der Waals surface area contributed by atoms with Gasteiger partial charge in [0.25, 0.3) is 0 Å². The van der Waals surface area contributed by atoms with E-state index in [1.165, 1.54) is 13.2 Å². The lowest BCUT2D eigenvalue weighted by atomic mass is 10.0. The predicted molar refractivity (Wildman–Crippen MR) is 80.3 cm³/mol. The summed E-state index contributed by atoms with van der Waals surface area (Å²) in [5.41, 5.74) is -0.0569. The summed E-state index contributed by atoms with van der Waals surface area (Å²) in [4.78, 5) is 4.65. The number of likely N-dealkylation sites (N-methyl/N-ethyl adjacent to an activating group) is 1. The van der Waals surface area contributed by atoms with Crippen LogP contribution in [-0.4, -0.2) is 56.7 Å². The molecular weight excluding hydrogens is 293 g/mol. The van der Waals surface area contributed by atoms with Gasteiger partial charge in [0.05, 0.1) is 12.7 Å². The second kappa shape index (κ2) is 7.33. The van der Waals surface area contributed by atoms with Crippen molar-refractivity contribution >= 4 is 0 Å². The van der Waals surface area contributed by atoms with Crippen LogP contribution in [0.5, 0.6) is 5.75 Å². The molecule has 0 saturated carbocycles. The topological polar surface area (TPSA) is 15.7 Å². The van der Waals surface area contributed by atoms with Gasteiger partial charge in [0, 0.05) is 26.2 Å². The van der Waals surface area contributed by atoms with Crippen LogP contribution in [0.4, 0.5) is 13.2 Å². The Balaban J connectivity index is 1.95. The highest BCUT2D eigenvalue weighted by Gasteiger charge is 2.35. The molecule has 0 aliphatic carbocycles. The van der Waals surface area contributed by atoms with Gasteiger partial charge in [-0.1, -0.05) is 12.1 Å². The first-order chi connectivity index (χ1) is 10.4. The number of alkyl halides is 3. The van der Waals surface area contributed by atoms with Gasteiger partial charge in [-0.3, -0.25) is 0 Å². The van der Waals surface area contributed by atoms with Gasteiger partial charge in [0.2, 0.25) is 0 Å². The van der Waals surface area contributed by atoms with Gasteiger partial charge in [-0.05, 0) is 38.1 Å². The molecule has 1 fully saturated rings. The molecule has 0 aromatic heterocycles. The number of piperazine rings is 1. The molecule has 0 unspecified atom stereocenters. The molecule has 124 valence electrons. The first kappa shape index (κ1) is 17.1. The van der Waals surface area contributed by atoms with Gasteiger partial charge in [-0.15, -0.1) is 0 Å². The van der Waals surface area contributed by atoms with Crippen LogP contribution in [0.25, 0.3) is 0 Å². The normalized spacial score (nSPS) is 17.7. The van der Waals surface area contributed by atoms with Gasteiger partial charge >= 0.3 is 6.18 Å². The number of hydrogen-bond donors (Lipinski definition) is 0. The average Bonchev–Trinajstić information content (AvgIpc) is 2.48. The summed E-state index contributed by atoms with van der Waals surface area (Å²) >= 11 is 0. The lowest BCUT2D eigenvalue weighted by molar-refractivity contribution is -0.138. The summed E-state index contributed by atoms with van der Waals surface area (Å²) in [6.45, 7) is 5.06. The maximum absolute atomic E-state index is 13.0. The molecule has 0 spiro atoms. The number of rotatable bonds is 5. The minimum atomic E-state index is -4.38. The molecule has 0 N–H and O–H groups in total. The molecule has 3 nitrogen and oxygen atoms in total. The molecule has 1 aromatic rings. The Bertz CT molecular complexity index is 483. The van der Waals surface area contributed by atoms with Crippen LogP contribution in [0, 0.1) is 0 Å². The number of methoxy groups -OCH3 is 1. The molecular formula is C16H23F3N2O. The number of aryl methyl sites for hydroxylation is 1. The van der Waals surface area contributed by atoms with Crippen molar-refractivity contribution in [3.8, 4) is 5.75 Å². The quantitative estimate of drug-likeness (QED) is 0.831. The van der Waals surface area contributed by atoms with Crippen molar-refractivity contribution in [3.63, 3.8) is 0 Å². The van der Waals surface area contributed by atoms with E-state index in [-0.39, 0.29) is 5.75 Å². The van der Waals surface area contributed by atoms with Gasteiger partial charge in [-0.2, -0.15) is 13.2 Å². The van der Waals surface area contributed by atoms with Crippen molar-refractivity contribution in [1.29, 1.82) is 0 Å². The van der Waals surface area contributed by atoms with Crippen molar-refractivity contribution < 1.29 is 17.9 Å². The minimum Gasteiger partial charge on any atom is -0.496 e. The van der Waals surface area contributed by atoms with Gasteiger partial charge in [-0.25, -0.2) is 0 Å². The third-order valence-electron chi connectivity index (χ3n) is 4.12. The molecule has 2 rings (SSSR count). The average molecular weight is 316 g/mol. The Kier molecular flexibility index (Phi) is 5.69. The van der Waals surface area contributed by atoms with Crippen LogP contribution in [0.15, 0.2) is 18.2 Å². The highest BCUT2D eigenvalue weighted by molar-refractivity contribution is 5.43. The molecule has 1 heterocycles. The molecule has 1 saturated heterocycles. The Morgan fingerprint density at radius 1 is 1.14 bits per heavy atom. The van der Waals surface area contributed by atoms with Crippen LogP contribution in [-0.2, 0) is 12.6 Å². The molecule has 0 radical (unpaired) electrons. The standard InChI is InChI=1S/C16H23F3N2O/c1-20-9-11-21(12-10-20)8-4-6-13-5-3-7-14(15(13)22-2)16(17,18)19/h3,5,7H,4,6,8-12H2,1-2H3. The summed E-state index contributed by atoms with van der Waals surface area (Å²) in [6.07, 6.45) is -2.94. The molecule has 0 bridgehead atoms. The van der Waals surface area contributed by atoms with E-state index >= 15 is 0 Å². The highest BCUT2D eigenvalue weighted by Crippen LogP contribution is 2.38. The van der Waals surface area contributed by atoms with Crippen LogP contribution in [0.1, 0.15) is 17.5 Å². The number of benzene rings is 1. The van der Waals surface area contributed by atoms with Crippen molar-refractivity contribution in [2.24, 2.45) is 0 Å². The van der Waals surface area contributed by atoms with Crippen molar-refractivity contribution in [3.05, 3.63) is 29.3 Å². The third-order valence-corrected chi connectivity index (χ3v) is 4.12. The first-order valence-electron chi connectivity index (χ1n) is 7.56. The van der Waals surface area contributed by atoms with Crippen molar-refractivity contribution in [2.75, 3.05) is 46.9 Å². The van der Waals surface area contributed by atoms with E-state index in [0.717, 1.165) is 45.2 Å². The maximum atomic E-state index is 13.0. The molecule has 22 heavy (non-hydrogen) atoms. The van der Waals surface area contributed by atoms with Gasteiger partial charge < -0.3 is 14.5 Å². The zero-order valence-electron chi connectivity index (χ0n) is 13.1. The Labute approximate surface area is 129 Å². The molecule has 1 aliphatic heterocycles. The molecule has 0 atom stereocenters. The van der Waals surface area contributed by atoms with E-state index < -0.39 is 11.7 Å². The number of ether oxygens (including phenoxy) is 1. The zero-order valence-corrected chi connectivity index (χ0v) is 13.1. The Morgan fingerprint density at radius 2 is 1.82 bits per heavy atom. The van der Waals surface area contributed by atoms with E-state index in [9.17, 15) is 13.2 Å². The SMILES string of the molecule is COc1c(CCCN2CCN(C)CC2)cccc1C(F)(F)F. The number of hydrogen-bond acceptors (Lipinski definition) is 3. The summed E-state index contributed by atoms with van der Waals surface area (Å²) in [6, 6.07) is 4.25. The van der Waals surface area contributed by atoms with Crippen LogP contribution in [0.2, 0.25) is 0 Å². The number of para-hydroxylation sites is 1. The first-order valence-corrected chi connectivity index (χ1v) is 7.56. The smallest absolute Gasteiger partial charge is 0.419 e. The molecule has 0 amide bonds. The molecule has 1 aliphatic rings. The minimum absolute atomic E-state index is 0.0339. The summed E-state index contributed by atoms with van der Waals surface area (Å²) in [5, 5.41) is 0. The third kappa shape index (κ3) is 4.36. The second-order valence-electron chi connectivity index (χ2n) is 5.74. The van der Waals surface area contributed by atoms with Crippen LogP contribution < -0.4 is 4.74 Å². The Morgan fingerprint density at radius 3 is 2.41 bits per heavy atom. The second-order valence-corrected chi connectivity index (χ2v) is 5.74. The fraction of sp³-hybridized carbons (Fsp3) is 0.625. The van der Waals surface area contributed by atoms with E-state index in [1.54, 1.807) is 6.07 Å².